The van der Waals surface area contributed by atoms with Crippen LogP contribution < -0.4 is 0 Å². The molecule has 1 N–H and O–H groups in total. The number of aryl methyl sites for hydroxylation is 1. The van der Waals surface area contributed by atoms with Crippen LogP contribution in [0.15, 0.2) is 29.2 Å². The smallest absolute Gasteiger partial charge is 0.243 e. The van der Waals surface area contributed by atoms with Gasteiger partial charge in [-0.3, -0.25) is 10.1 Å². The third-order valence-corrected chi connectivity index (χ3v) is 5.84. The van der Waals surface area contributed by atoms with Crippen LogP contribution >= 0.6 is 0 Å². The minimum atomic E-state index is -3.76. The van der Waals surface area contributed by atoms with Gasteiger partial charge in [0.25, 0.3) is 0 Å². The molecule has 8 heteroatoms. The topological polar surface area (TPSA) is 101 Å². The quantitative estimate of drug-likeness (QED) is 0.646. The van der Waals surface area contributed by atoms with Crippen molar-refractivity contribution in [1.82, 2.24) is 4.31 Å². The predicted molar refractivity (Wildman–Crippen MR) is 80.6 cm³/mol. The van der Waals surface area contributed by atoms with E-state index in [2.05, 4.69) is 0 Å². The van der Waals surface area contributed by atoms with E-state index in [0.29, 0.717) is 12.8 Å². The SMILES string of the molecule is Cc1ccc(S(=O)(=O)N2CCCC[C@@H]2[C@@H](O)C[N+](=O)[O-])cc1. The summed E-state index contributed by atoms with van der Waals surface area (Å²) in [6.07, 6.45) is 0.571. The Bertz CT molecular complexity index is 629. The second kappa shape index (κ2) is 6.72. The standard InChI is InChI=1S/C14H20N2O5S/c1-11-5-7-12(8-6-11)22(20,21)15-9-3-2-4-13(15)14(17)10-16(18)19/h5-8,13-14,17H,2-4,9-10H2,1H3/t13-,14+/m1/s1. The second-order valence-corrected chi connectivity index (χ2v) is 7.47. The highest BCUT2D eigenvalue weighted by molar-refractivity contribution is 7.89. The van der Waals surface area contributed by atoms with Crippen molar-refractivity contribution < 1.29 is 18.4 Å². The molecule has 1 fully saturated rings. The fourth-order valence-electron chi connectivity index (χ4n) is 2.73. The van der Waals surface area contributed by atoms with Crippen molar-refractivity contribution in [3.63, 3.8) is 0 Å². The van der Waals surface area contributed by atoms with Gasteiger partial charge in [-0.2, -0.15) is 4.31 Å². The summed E-state index contributed by atoms with van der Waals surface area (Å²) in [5, 5.41) is 20.6. The molecule has 0 saturated carbocycles. The Morgan fingerprint density at radius 1 is 1.36 bits per heavy atom. The van der Waals surface area contributed by atoms with E-state index in [1.54, 1.807) is 12.1 Å². The fraction of sp³-hybridized carbons (Fsp3) is 0.571. The Morgan fingerprint density at radius 3 is 2.59 bits per heavy atom. The number of nitrogens with zero attached hydrogens (tertiary/aromatic N) is 2. The Morgan fingerprint density at radius 2 is 2.00 bits per heavy atom. The van der Waals surface area contributed by atoms with Crippen LogP contribution in [-0.4, -0.2) is 48.0 Å². The molecule has 2 atom stereocenters. The van der Waals surface area contributed by atoms with Gasteiger partial charge in [0.1, 0.15) is 6.10 Å². The molecule has 1 aliphatic rings. The lowest BCUT2D eigenvalue weighted by Crippen LogP contribution is -2.51. The molecule has 0 spiro atoms. The van der Waals surface area contributed by atoms with Crippen molar-refractivity contribution in [2.24, 2.45) is 0 Å². The average molecular weight is 328 g/mol. The number of rotatable bonds is 5. The molecule has 1 saturated heterocycles. The molecule has 0 aliphatic carbocycles. The van der Waals surface area contributed by atoms with Gasteiger partial charge in [-0.25, -0.2) is 8.42 Å². The summed E-state index contributed by atoms with van der Waals surface area (Å²) in [6.45, 7) is 1.49. The molecule has 22 heavy (non-hydrogen) atoms. The van der Waals surface area contributed by atoms with Gasteiger partial charge in [0.15, 0.2) is 0 Å². The summed E-state index contributed by atoms with van der Waals surface area (Å²) in [6, 6.07) is 5.72. The van der Waals surface area contributed by atoms with Gasteiger partial charge in [0.05, 0.1) is 10.9 Å². The van der Waals surface area contributed by atoms with E-state index in [9.17, 15) is 23.6 Å². The van der Waals surface area contributed by atoms with Gasteiger partial charge >= 0.3 is 0 Å². The monoisotopic (exact) mass is 328 g/mol. The number of hydrogen-bond donors (Lipinski definition) is 1. The van der Waals surface area contributed by atoms with Crippen molar-refractivity contribution in [3.05, 3.63) is 39.9 Å². The molecule has 1 aromatic rings. The summed E-state index contributed by atoms with van der Waals surface area (Å²) in [7, 11) is -3.76. The van der Waals surface area contributed by atoms with E-state index < -0.39 is 33.6 Å². The molecule has 1 aromatic carbocycles. The van der Waals surface area contributed by atoms with Gasteiger partial charge in [0, 0.05) is 11.5 Å². The van der Waals surface area contributed by atoms with Crippen molar-refractivity contribution >= 4 is 10.0 Å². The van der Waals surface area contributed by atoms with Crippen molar-refractivity contribution in [3.8, 4) is 0 Å². The molecule has 7 nitrogen and oxygen atoms in total. The molecule has 0 amide bonds. The van der Waals surface area contributed by atoms with Gasteiger partial charge < -0.3 is 5.11 Å². The third-order valence-electron chi connectivity index (χ3n) is 3.91. The first-order chi connectivity index (χ1) is 10.3. The molecule has 2 rings (SSSR count). The molecule has 122 valence electrons. The van der Waals surface area contributed by atoms with E-state index in [1.165, 1.54) is 16.4 Å². The Kier molecular flexibility index (Phi) is 5.15. The largest absolute Gasteiger partial charge is 0.385 e. The minimum absolute atomic E-state index is 0.151. The summed E-state index contributed by atoms with van der Waals surface area (Å²) >= 11 is 0. The predicted octanol–water partition coefficient (Wildman–Crippen LogP) is 1.18. The van der Waals surface area contributed by atoms with E-state index in [1.807, 2.05) is 6.92 Å². The third kappa shape index (κ3) is 3.63. The van der Waals surface area contributed by atoms with Gasteiger partial charge in [-0.15, -0.1) is 0 Å². The van der Waals surface area contributed by atoms with E-state index in [0.717, 1.165) is 12.0 Å². The number of aliphatic hydroxyl groups is 1. The molecular formula is C14H20N2O5S. The van der Waals surface area contributed by atoms with Crippen LogP contribution in [0, 0.1) is 17.0 Å². The van der Waals surface area contributed by atoms with E-state index in [4.69, 9.17) is 0 Å². The molecule has 1 aliphatic heterocycles. The molecule has 0 radical (unpaired) electrons. The van der Waals surface area contributed by atoms with Crippen LogP contribution in [0.1, 0.15) is 24.8 Å². The van der Waals surface area contributed by atoms with E-state index >= 15 is 0 Å². The van der Waals surface area contributed by atoms with Crippen LogP contribution in [0.4, 0.5) is 0 Å². The fourth-order valence-corrected chi connectivity index (χ4v) is 4.46. The lowest BCUT2D eigenvalue weighted by Gasteiger charge is -2.36. The summed E-state index contributed by atoms with van der Waals surface area (Å²) in [4.78, 5) is 10.1. The van der Waals surface area contributed by atoms with Crippen LogP contribution in [0.5, 0.6) is 0 Å². The molecule has 0 bridgehead atoms. The number of benzene rings is 1. The Hall–Kier alpha value is -1.51. The Labute approximate surface area is 129 Å². The van der Waals surface area contributed by atoms with Crippen molar-refractivity contribution in [2.75, 3.05) is 13.1 Å². The maximum Gasteiger partial charge on any atom is 0.243 e. The van der Waals surface area contributed by atoms with Crippen LogP contribution in [-0.2, 0) is 10.0 Å². The number of hydrogen-bond acceptors (Lipinski definition) is 5. The first-order valence-corrected chi connectivity index (χ1v) is 8.65. The molecule has 0 unspecified atom stereocenters. The lowest BCUT2D eigenvalue weighted by atomic mass is 10.00. The maximum atomic E-state index is 12.7. The van der Waals surface area contributed by atoms with E-state index in [-0.39, 0.29) is 11.4 Å². The summed E-state index contributed by atoms with van der Waals surface area (Å²) in [5.41, 5.74) is 0.947. The van der Waals surface area contributed by atoms with Gasteiger partial charge in [-0.05, 0) is 31.9 Å². The summed E-state index contributed by atoms with van der Waals surface area (Å²) in [5.74, 6) is 0. The minimum Gasteiger partial charge on any atom is -0.385 e. The van der Waals surface area contributed by atoms with Crippen LogP contribution in [0.3, 0.4) is 0 Å². The highest BCUT2D eigenvalue weighted by Crippen LogP contribution is 2.27. The normalized spacial score (nSPS) is 21.5. The van der Waals surface area contributed by atoms with Crippen molar-refractivity contribution in [1.29, 1.82) is 0 Å². The van der Waals surface area contributed by atoms with Gasteiger partial charge in [0.2, 0.25) is 16.6 Å². The molecular weight excluding hydrogens is 308 g/mol. The van der Waals surface area contributed by atoms with Gasteiger partial charge in [-0.1, -0.05) is 24.1 Å². The first-order valence-electron chi connectivity index (χ1n) is 7.21. The number of aliphatic hydroxyl groups excluding tert-OH is 1. The van der Waals surface area contributed by atoms with Crippen LogP contribution in [0.25, 0.3) is 0 Å². The zero-order chi connectivity index (χ0) is 16.3. The second-order valence-electron chi connectivity index (χ2n) is 5.57. The first kappa shape index (κ1) is 16.9. The molecule has 0 aromatic heterocycles. The zero-order valence-corrected chi connectivity index (χ0v) is 13.2. The lowest BCUT2D eigenvalue weighted by molar-refractivity contribution is -0.491. The zero-order valence-electron chi connectivity index (χ0n) is 12.4. The number of sulfonamides is 1. The number of nitro groups is 1. The molecule has 1 heterocycles. The Balaban J connectivity index is 2.29. The highest BCUT2D eigenvalue weighted by Gasteiger charge is 2.38. The van der Waals surface area contributed by atoms with Crippen LogP contribution in [0.2, 0.25) is 0 Å². The highest BCUT2D eigenvalue weighted by atomic mass is 32.2. The average Bonchev–Trinajstić information content (AvgIpc) is 2.47. The van der Waals surface area contributed by atoms with Crippen molar-refractivity contribution in [2.45, 2.75) is 43.2 Å². The maximum absolute atomic E-state index is 12.7. The summed E-state index contributed by atoms with van der Waals surface area (Å²) < 4.78 is 26.7. The number of piperidine rings is 1.